The maximum absolute atomic E-state index is 5.66. The molecule has 0 bridgehead atoms. The van der Waals surface area contributed by atoms with Crippen molar-refractivity contribution in [1.82, 2.24) is 9.80 Å². The van der Waals surface area contributed by atoms with Crippen molar-refractivity contribution < 1.29 is 4.74 Å². The van der Waals surface area contributed by atoms with Crippen molar-refractivity contribution in [3.8, 4) is 0 Å². The Balaban J connectivity index is 1.52. The van der Waals surface area contributed by atoms with Crippen LogP contribution in [0.2, 0.25) is 0 Å². The minimum absolute atomic E-state index is 0.451. The SMILES string of the molecule is CCOC[C@@H]1CCC2(CCN(Cc3ccsc3)CC2)N1C. The summed E-state index contributed by atoms with van der Waals surface area (Å²) in [6.45, 7) is 7.45. The number of hydrogen-bond acceptors (Lipinski definition) is 4. The van der Waals surface area contributed by atoms with Crippen LogP contribution in [0.1, 0.15) is 38.2 Å². The summed E-state index contributed by atoms with van der Waals surface area (Å²) >= 11 is 1.81. The lowest BCUT2D eigenvalue weighted by Gasteiger charge is -2.45. The molecule has 2 fully saturated rings. The number of likely N-dealkylation sites (tertiary alicyclic amines) is 2. The third-order valence-corrected chi connectivity index (χ3v) is 6.26. The molecule has 2 saturated heterocycles. The van der Waals surface area contributed by atoms with E-state index in [9.17, 15) is 0 Å². The zero-order valence-corrected chi connectivity index (χ0v) is 14.2. The summed E-state index contributed by atoms with van der Waals surface area (Å²) in [6.07, 6.45) is 5.29. The van der Waals surface area contributed by atoms with E-state index >= 15 is 0 Å². The first-order valence-electron chi connectivity index (χ1n) is 8.27. The second-order valence-electron chi connectivity index (χ2n) is 6.59. The first kappa shape index (κ1) is 15.5. The van der Waals surface area contributed by atoms with Gasteiger partial charge in [-0.25, -0.2) is 0 Å². The zero-order valence-electron chi connectivity index (χ0n) is 13.4. The third kappa shape index (κ3) is 3.34. The molecular formula is C17H28N2OS. The van der Waals surface area contributed by atoms with Gasteiger partial charge >= 0.3 is 0 Å². The van der Waals surface area contributed by atoms with Gasteiger partial charge in [0.25, 0.3) is 0 Å². The van der Waals surface area contributed by atoms with Gasteiger partial charge in [0.15, 0.2) is 0 Å². The van der Waals surface area contributed by atoms with Crippen LogP contribution in [0.25, 0.3) is 0 Å². The molecule has 0 amide bonds. The van der Waals surface area contributed by atoms with Gasteiger partial charge in [-0.15, -0.1) is 0 Å². The van der Waals surface area contributed by atoms with Gasteiger partial charge < -0.3 is 4.74 Å². The number of nitrogens with zero attached hydrogens (tertiary/aromatic N) is 2. The Labute approximate surface area is 132 Å². The highest BCUT2D eigenvalue weighted by Crippen LogP contribution is 2.40. The Kier molecular flexibility index (Phi) is 4.99. The maximum atomic E-state index is 5.66. The Bertz CT molecular complexity index is 426. The molecule has 3 heterocycles. The average Bonchev–Trinajstić information content (AvgIpc) is 3.11. The molecule has 1 aromatic heterocycles. The molecule has 0 N–H and O–H groups in total. The van der Waals surface area contributed by atoms with Crippen LogP contribution >= 0.6 is 11.3 Å². The van der Waals surface area contributed by atoms with E-state index in [2.05, 4.69) is 40.6 Å². The quantitative estimate of drug-likeness (QED) is 0.831. The molecule has 3 rings (SSSR count). The van der Waals surface area contributed by atoms with Gasteiger partial charge in [0.05, 0.1) is 6.61 Å². The van der Waals surface area contributed by atoms with E-state index in [4.69, 9.17) is 4.74 Å². The van der Waals surface area contributed by atoms with Crippen molar-refractivity contribution in [3.05, 3.63) is 22.4 Å². The van der Waals surface area contributed by atoms with Crippen LogP contribution in [-0.2, 0) is 11.3 Å². The minimum atomic E-state index is 0.451. The average molecular weight is 308 g/mol. The number of thiophene rings is 1. The minimum Gasteiger partial charge on any atom is -0.380 e. The van der Waals surface area contributed by atoms with Gasteiger partial charge in [0, 0.05) is 37.8 Å². The fourth-order valence-corrected chi connectivity index (χ4v) is 4.67. The van der Waals surface area contributed by atoms with E-state index < -0.39 is 0 Å². The van der Waals surface area contributed by atoms with Gasteiger partial charge in [0.2, 0.25) is 0 Å². The largest absolute Gasteiger partial charge is 0.380 e. The third-order valence-electron chi connectivity index (χ3n) is 5.53. The van der Waals surface area contributed by atoms with Crippen LogP contribution in [0.3, 0.4) is 0 Å². The number of hydrogen-bond donors (Lipinski definition) is 0. The summed E-state index contributed by atoms with van der Waals surface area (Å²) in [7, 11) is 2.32. The normalized spacial score (nSPS) is 26.7. The van der Waals surface area contributed by atoms with Crippen LogP contribution in [-0.4, -0.2) is 54.7 Å². The van der Waals surface area contributed by atoms with Crippen LogP contribution in [0.15, 0.2) is 16.8 Å². The summed E-state index contributed by atoms with van der Waals surface area (Å²) in [5.74, 6) is 0. The molecule has 2 aliphatic rings. The standard InChI is InChI=1S/C17H28N2OS/c1-3-20-13-16-4-6-17(18(16)2)7-9-19(10-8-17)12-15-5-11-21-14-15/h5,11,14,16H,3-4,6-10,12-13H2,1-2H3/t16-/m0/s1. The monoisotopic (exact) mass is 308 g/mol. The second kappa shape index (κ2) is 6.78. The van der Waals surface area contributed by atoms with Crippen molar-refractivity contribution in [3.63, 3.8) is 0 Å². The summed E-state index contributed by atoms with van der Waals surface area (Å²) in [5.41, 5.74) is 1.93. The molecular weight excluding hydrogens is 280 g/mol. The number of piperidine rings is 1. The first-order chi connectivity index (χ1) is 10.2. The molecule has 0 aromatic carbocycles. The summed E-state index contributed by atoms with van der Waals surface area (Å²) in [5, 5.41) is 4.47. The smallest absolute Gasteiger partial charge is 0.0621 e. The highest BCUT2D eigenvalue weighted by molar-refractivity contribution is 7.07. The molecule has 0 aliphatic carbocycles. The molecule has 0 radical (unpaired) electrons. The molecule has 4 heteroatoms. The fourth-order valence-electron chi connectivity index (χ4n) is 4.01. The van der Waals surface area contributed by atoms with Crippen molar-refractivity contribution in [2.75, 3.05) is 33.4 Å². The van der Waals surface area contributed by atoms with E-state index in [1.54, 1.807) is 11.3 Å². The number of rotatable bonds is 5. The van der Waals surface area contributed by atoms with Gasteiger partial charge in [-0.1, -0.05) is 0 Å². The maximum Gasteiger partial charge on any atom is 0.0621 e. The lowest BCUT2D eigenvalue weighted by molar-refractivity contribution is 0.0206. The Morgan fingerprint density at radius 1 is 1.33 bits per heavy atom. The highest BCUT2D eigenvalue weighted by Gasteiger charge is 2.45. The van der Waals surface area contributed by atoms with Crippen molar-refractivity contribution in [2.24, 2.45) is 0 Å². The van der Waals surface area contributed by atoms with Crippen LogP contribution in [0.5, 0.6) is 0 Å². The predicted molar refractivity (Wildman–Crippen MR) is 88.8 cm³/mol. The molecule has 118 valence electrons. The van der Waals surface area contributed by atoms with Gasteiger partial charge in [0.1, 0.15) is 0 Å². The second-order valence-corrected chi connectivity index (χ2v) is 7.37. The van der Waals surface area contributed by atoms with Crippen molar-refractivity contribution in [2.45, 2.75) is 50.7 Å². The molecule has 0 saturated carbocycles. The zero-order chi connectivity index (χ0) is 14.7. The topological polar surface area (TPSA) is 15.7 Å². The molecule has 3 nitrogen and oxygen atoms in total. The van der Waals surface area contributed by atoms with Gasteiger partial charge in [-0.3, -0.25) is 9.80 Å². The van der Waals surface area contributed by atoms with E-state index in [-0.39, 0.29) is 0 Å². The molecule has 1 spiro atoms. The molecule has 21 heavy (non-hydrogen) atoms. The Morgan fingerprint density at radius 2 is 2.14 bits per heavy atom. The van der Waals surface area contributed by atoms with E-state index in [1.165, 1.54) is 44.3 Å². The lowest BCUT2D eigenvalue weighted by atomic mass is 9.85. The highest BCUT2D eigenvalue weighted by atomic mass is 32.1. The van der Waals surface area contributed by atoms with E-state index in [1.807, 2.05) is 0 Å². The van der Waals surface area contributed by atoms with Crippen LogP contribution < -0.4 is 0 Å². The predicted octanol–water partition coefficient (Wildman–Crippen LogP) is 3.21. The first-order valence-corrected chi connectivity index (χ1v) is 9.22. The van der Waals surface area contributed by atoms with Crippen LogP contribution in [0.4, 0.5) is 0 Å². The number of likely N-dealkylation sites (N-methyl/N-ethyl adjacent to an activating group) is 1. The summed E-state index contributed by atoms with van der Waals surface area (Å²) in [4.78, 5) is 5.27. The molecule has 0 unspecified atom stereocenters. The van der Waals surface area contributed by atoms with Gasteiger partial charge in [-0.2, -0.15) is 11.3 Å². The molecule has 1 atom stereocenters. The van der Waals surface area contributed by atoms with Gasteiger partial charge in [-0.05, 0) is 62.0 Å². The van der Waals surface area contributed by atoms with E-state index in [0.29, 0.717) is 11.6 Å². The molecule has 2 aliphatic heterocycles. The van der Waals surface area contributed by atoms with Crippen LogP contribution in [0, 0.1) is 0 Å². The van der Waals surface area contributed by atoms with E-state index in [0.717, 1.165) is 19.8 Å². The lowest BCUT2D eigenvalue weighted by Crippen LogP contribution is -2.52. The Hall–Kier alpha value is -0.420. The summed E-state index contributed by atoms with van der Waals surface area (Å²) < 4.78 is 5.66. The van der Waals surface area contributed by atoms with Crippen molar-refractivity contribution >= 4 is 11.3 Å². The van der Waals surface area contributed by atoms with Crippen molar-refractivity contribution in [1.29, 1.82) is 0 Å². The number of ether oxygens (including phenoxy) is 1. The fraction of sp³-hybridized carbons (Fsp3) is 0.765. The summed E-state index contributed by atoms with van der Waals surface area (Å²) in [6, 6.07) is 2.89. The Morgan fingerprint density at radius 3 is 2.81 bits per heavy atom. The molecule has 1 aromatic rings.